The van der Waals surface area contributed by atoms with Gasteiger partial charge in [0, 0.05) is 26.2 Å². The highest BCUT2D eigenvalue weighted by Crippen LogP contribution is 2.19. The van der Waals surface area contributed by atoms with Crippen molar-refractivity contribution >= 4 is 10.0 Å². The smallest absolute Gasteiger partial charge is 0.243 e. The molecular weight excluding hydrogens is 252 g/mol. The molecule has 18 heavy (non-hydrogen) atoms. The number of rotatable bonds is 3. The maximum absolute atomic E-state index is 12.3. The van der Waals surface area contributed by atoms with Crippen molar-refractivity contribution in [1.82, 2.24) is 9.62 Å². The Bertz CT molecular complexity index is 491. The Balaban J connectivity index is 2.23. The molecule has 1 aliphatic rings. The Morgan fingerprint density at radius 1 is 1.22 bits per heavy atom. The summed E-state index contributed by atoms with van der Waals surface area (Å²) in [6, 6.07) is 6.42. The van der Waals surface area contributed by atoms with Crippen LogP contribution in [0, 0.1) is 0 Å². The van der Waals surface area contributed by atoms with Gasteiger partial charge in [0.1, 0.15) is 0 Å². The minimum atomic E-state index is -3.39. The maximum Gasteiger partial charge on any atom is 0.243 e. The van der Waals surface area contributed by atoms with E-state index in [1.165, 1.54) is 4.31 Å². The van der Waals surface area contributed by atoms with Crippen LogP contribution in [0.15, 0.2) is 29.2 Å². The number of nitrogens with zero attached hydrogens (tertiary/aromatic N) is 1. The number of aliphatic hydroxyl groups excluding tert-OH is 1. The van der Waals surface area contributed by atoms with Crippen LogP contribution in [0.1, 0.15) is 18.6 Å². The van der Waals surface area contributed by atoms with Gasteiger partial charge in [-0.05, 0) is 24.6 Å². The minimum Gasteiger partial charge on any atom is -0.389 e. The van der Waals surface area contributed by atoms with Gasteiger partial charge in [0.2, 0.25) is 10.0 Å². The topological polar surface area (TPSA) is 69.6 Å². The molecule has 1 aliphatic heterocycles. The third kappa shape index (κ3) is 2.72. The van der Waals surface area contributed by atoms with Crippen LogP contribution < -0.4 is 5.32 Å². The lowest BCUT2D eigenvalue weighted by Gasteiger charge is -2.26. The van der Waals surface area contributed by atoms with E-state index >= 15 is 0 Å². The minimum absolute atomic E-state index is 0.286. The van der Waals surface area contributed by atoms with E-state index in [0.29, 0.717) is 31.7 Å². The molecule has 0 radical (unpaired) electrons. The van der Waals surface area contributed by atoms with Gasteiger partial charge in [-0.1, -0.05) is 12.1 Å². The summed E-state index contributed by atoms with van der Waals surface area (Å²) in [7, 11) is -3.39. The van der Waals surface area contributed by atoms with E-state index in [4.69, 9.17) is 0 Å². The Kier molecular flexibility index (Phi) is 4.01. The predicted molar refractivity (Wildman–Crippen MR) is 68.7 cm³/mol. The summed E-state index contributed by atoms with van der Waals surface area (Å²) < 4.78 is 26.1. The highest BCUT2D eigenvalue weighted by Gasteiger charge is 2.25. The van der Waals surface area contributed by atoms with Gasteiger partial charge in [-0.15, -0.1) is 0 Å². The Labute approximate surface area is 107 Å². The molecule has 0 aromatic heterocycles. The predicted octanol–water partition coefficient (Wildman–Crippen LogP) is 0.334. The molecule has 5 nitrogen and oxygen atoms in total. The van der Waals surface area contributed by atoms with Crippen molar-refractivity contribution in [1.29, 1.82) is 0 Å². The summed E-state index contributed by atoms with van der Waals surface area (Å²) in [6.45, 7) is 4.02. The van der Waals surface area contributed by atoms with Crippen LogP contribution in [-0.2, 0) is 10.0 Å². The number of benzene rings is 1. The first kappa shape index (κ1) is 13.5. The summed E-state index contributed by atoms with van der Waals surface area (Å²) in [5.74, 6) is 0. The van der Waals surface area contributed by atoms with Gasteiger partial charge in [0.15, 0.2) is 0 Å². The third-order valence-electron chi connectivity index (χ3n) is 3.08. The third-order valence-corrected chi connectivity index (χ3v) is 4.99. The molecule has 1 fully saturated rings. The van der Waals surface area contributed by atoms with Crippen molar-refractivity contribution in [3.63, 3.8) is 0 Å². The average Bonchev–Trinajstić information content (AvgIpc) is 2.40. The lowest BCUT2D eigenvalue weighted by Crippen LogP contribution is -2.46. The van der Waals surface area contributed by atoms with Crippen LogP contribution in [0.25, 0.3) is 0 Å². The van der Waals surface area contributed by atoms with Gasteiger partial charge in [-0.2, -0.15) is 4.31 Å². The molecule has 0 bridgehead atoms. The number of nitrogens with one attached hydrogen (secondary N) is 1. The molecule has 1 aromatic carbocycles. The van der Waals surface area contributed by atoms with Gasteiger partial charge in [0.05, 0.1) is 11.0 Å². The molecule has 1 unspecified atom stereocenters. The fourth-order valence-electron chi connectivity index (χ4n) is 1.95. The van der Waals surface area contributed by atoms with Crippen molar-refractivity contribution in [2.45, 2.75) is 17.9 Å². The first-order valence-corrected chi connectivity index (χ1v) is 7.45. The highest BCUT2D eigenvalue weighted by molar-refractivity contribution is 7.89. The Morgan fingerprint density at radius 3 is 2.28 bits per heavy atom. The molecule has 6 heteroatoms. The number of piperazine rings is 1. The van der Waals surface area contributed by atoms with E-state index in [0.717, 1.165) is 0 Å². The van der Waals surface area contributed by atoms with Crippen LogP contribution in [0.2, 0.25) is 0 Å². The zero-order valence-corrected chi connectivity index (χ0v) is 11.2. The molecular formula is C12H18N2O3S. The molecule has 1 atom stereocenters. The fraction of sp³-hybridized carbons (Fsp3) is 0.500. The number of hydrogen-bond acceptors (Lipinski definition) is 4. The van der Waals surface area contributed by atoms with Crippen molar-refractivity contribution < 1.29 is 13.5 Å². The van der Waals surface area contributed by atoms with Crippen LogP contribution in [0.3, 0.4) is 0 Å². The molecule has 1 saturated heterocycles. The second-order valence-corrected chi connectivity index (χ2v) is 6.34. The van der Waals surface area contributed by atoms with Crippen molar-refractivity contribution in [3.8, 4) is 0 Å². The van der Waals surface area contributed by atoms with Crippen LogP contribution >= 0.6 is 0 Å². The molecule has 0 amide bonds. The number of sulfonamides is 1. The molecule has 100 valence electrons. The van der Waals surface area contributed by atoms with Gasteiger partial charge in [-0.3, -0.25) is 0 Å². The zero-order chi connectivity index (χ0) is 13.2. The Hall–Kier alpha value is -0.950. The largest absolute Gasteiger partial charge is 0.389 e. The van der Waals surface area contributed by atoms with Gasteiger partial charge >= 0.3 is 0 Å². The van der Waals surface area contributed by atoms with Gasteiger partial charge < -0.3 is 10.4 Å². The standard InChI is InChI=1S/C12H18N2O3S/c1-10(15)11-2-4-12(5-3-11)18(16,17)14-8-6-13-7-9-14/h2-5,10,13,15H,6-9H2,1H3. The molecule has 1 aromatic rings. The second-order valence-electron chi connectivity index (χ2n) is 4.40. The summed E-state index contributed by atoms with van der Waals surface area (Å²) in [6.07, 6.45) is -0.582. The normalized spacial score (nSPS) is 19.7. The van der Waals surface area contributed by atoms with E-state index in [2.05, 4.69) is 5.32 Å². The van der Waals surface area contributed by atoms with E-state index in [-0.39, 0.29) is 4.90 Å². The van der Waals surface area contributed by atoms with E-state index in [1.54, 1.807) is 31.2 Å². The van der Waals surface area contributed by atoms with E-state index in [9.17, 15) is 13.5 Å². The fourth-order valence-corrected chi connectivity index (χ4v) is 3.39. The Morgan fingerprint density at radius 2 is 1.78 bits per heavy atom. The zero-order valence-electron chi connectivity index (χ0n) is 10.3. The van der Waals surface area contributed by atoms with E-state index in [1.807, 2.05) is 0 Å². The lowest BCUT2D eigenvalue weighted by molar-refractivity contribution is 0.199. The highest BCUT2D eigenvalue weighted by atomic mass is 32.2. The first-order valence-electron chi connectivity index (χ1n) is 6.01. The van der Waals surface area contributed by atoms with Gasteiger partial charge in [-0.25, -0.2) is 8.42 Å². The SMILES string of the molecule is CC(O)c1ccc(S(=O)(=O)N2CCNCC2)cc1. The van der Waals surface area contributed by atoms with Crippen molar-refractivity contribution in [2.24, 2.45) is 0 Å². The summed E-state index contributed by atoms with van der Waals surface area (Å²) in [5, 5.41) is 12.5. The molecule has 2 rings (SSSR count). The summed E-state index contributed by atoms with van der Waals surface area (Å²) in [4.78, 5) is 0.286. The molecule has 2 N–H and O–H groups in total. The van der Waals surface area contributed by atoms with Crippen LogP contribution in [-0.4, -0.2) is 44.0 Å². The monoisotopic (exact) mass is 270 g/mol. The molecule has 0 aliphatic carbocycles. The maximum atomic E-state index is 12.3. The first-order chi connectivity index (χ1) is 8.51. The van der Waals surface area contributed by atoms with Gasteiger partial charge in [0.25, 0.3) is 0 Å². The molecule has 0 spiro atoms. The second kappa shape index (κ2) is 5.36. The number of hydrogen-bond donors (Lipinski definition) is 2. The van der Waals surface area contributed by atoms with Crippen LogP contribution in [0.5, 0.6) is 0 Å². The molecule has 0 saturated carbocycles. The number of aliphatic hydroxyl groups is 1. The van der Waals surface area contributed by atoms with Crippen LogP contribution in [0.4, 0.5) is 0 Å². The van der Waals surface area contributed by atoms with Crippen molar-refractivity contribution in [2.75, 3.05) is 26.2 Å². The quantitative estimate of drug-likeness (QED) is 0.830. The lowest BCUT2D eigenvalue weighted by atomic mass is 10.1. The summed E-state index contributed by atoms with van der Waals surface area (Å²) >= 11 is 0. The average molecular weight is 270 g/mol. The van der Waals surface area contributed by atoms with Crippen molar-refractivity contribution in [3.05, 3.63) is 29.8 Å². The summed E-state index contributed by atoms with van der Waals surface area (Å²) in [5.41, 5.74) is 0.717. The molecule has 1 heterocycles. The van der Waals surface area contributed by atoms with E-state index < -0.39 is 16.1 Å².